The molecule has 7 nitrogen and oxygen atoms in total. The van der Waals surface area contributed by atoms with E-state index in [1.165, 1.54) is 0 Å². The van der Waals surface area contributed by atoms with Crippen LogP contribution in [0.5, 0.6) is 0 Å². The number of rotatable bonds is 5. The van der Waals surface area contributed by atoms with Crippen molar-refractivity contribution in [1.29, 1.82) is 0 Å². The van der Waals surface area contributed by atoms with Gasteiger partial charge in [-0.3, -0.25) is 9.69 Å². The average molecular weight is 368 g/mol. The van der Waals surface area contributed by atoms with Gasteiger partial charge in [0.15, 0.2) is 0 Å². The molecule has 1 aromatic carbocycles. The number of furan rings is 1. The van der Waals surface area contributed by atoms with Gasteiger partial charge in [0.05, 0.1) is 23.8 Å². The van der Waals surface area contributed by atoms with Gasteiger partial charge < -0.3 is 19.4 Å². The molecule has 2 N–H and O–H groups in total. The van der Waals surface area contributed by atoms with Crippen LogP contribution in [0.15, 0.2) is 41.0 Å². The summed E-state index contributed by atoms with van der Waals surface area (Å²) in [5.74, 6) is 1.76. The number of H-pyrrole nitrogens is 1. The van der Waals surface area contributed by atoms with Gasteiger partial charge in [-0.25, -0.2) is 4.98 Å². The van der Waals surface area contributed by atoms with Crippen LogP contribution in [0, 0.1) is 6.92 Å². The summed E-state index contributed by atoms with van der Waals surface area (Å²) in [4.78, 5) is 24.7. The van der Waals surface area contributed by atoms with Crippen molar-refractivity contribution < 1.29 is 14.3 Å². The van der Waals surface area contributed by atoms with Crippen LogP contribution in [-0.2, 0) is 6.54 Å². The molecule has 1 aliphatic rings. The summed E-state index contributed by atoms with van der Waals surface area (Å²) in [7, 11) is 0. The molecule has 1 saturated heterocycles. The van der Waals surface area contributed by atoms with Gasteiger partial charge in [-0.2, -0.15) is 0 Å². The highest BCUT2D eigenvalue weighted by atomic mass is 16.3. The molecule has 1 amide bonds. The number of hydrogen-bond acceptors (Lipinski definition) is 5. The number of aliphatic hydroxyl groups excluding tert-OH is 1. The van der Waals surface area contributed by atoms with E-state index in [1.807, 2.05) is 42.2 Å². The summed E-state index contributed by atoms with van der Waals surface area (Å²) in [6.07, 6.45) is 2.30. The predicted octanol–water partition coefficient (Wildman–Crippen LogP) is 2.17. The lowest BCUT2D eigenvalue weighted by Crippen LogP contribution is -2.54. The largest absolute Gasteiger partial charge is 0.468 e. The Hall–Kier alpha value is -2.64. The van der Waals surface area contributed by atoms with Gasteiger partial charge >= 0.3 is 0 Å². The smallest absolute Gasteiger partial charge is 0.254 e. The number of aromatic nitrogens is 2. The maximum atomic E-state index is 13.0. The Morgan fingerprint density at radius 3 is 3.04 bits per heavy atom. The fourth-order valence-corrected chi connectivity index (χ4v) is 3.76. The van der Waals surface area contributed by atoms with Crippen LogP contribution in [0.4, 0.5) is 0 Å². The summed E-state index contributed by atoms with van der Waals surface area (Å²) in [5, 5.41) is 9.46. The summed E-state index contributed by atoms with van der Waals surface area (Å²) in [5.41, 5.74) is 2.40. The van der Waals surface area contributed by atoms with Crippen LogP contribution in [-0.4, -0.2) is 63.1 Å². The van der Waals surface area contributed by atoms with E-state index in [4.69, 9.17) is 4.42 Å². The molecule has 27 heavy (non-hydrogen) atoms. The first kappa shape index (κ1) is 17.8. The van der Waals surface area contributed by atoms with Gasteiger partial charge in [0.25, 0.3) is 5.91 Å². The zero-order valence-corrected chi connectivity index (χ0v) is 15.4. The Morgan fingerprint density at radius 2 is 2.26 bits per heavy atom. The number of imidazole rings is 1. The highest BCUT2D eigenvalue weighted by Gasteiger charge is 2.30. The van der Waals surface area contributed by atoms with E-state index in [1.54, 1.807) is 6.26 Å². The fraction of sp³-hybridized carbons (Fsp3) is 0.400. The van der Waals surface area contributed by atoms with E-state index in [9.17, 15) is 9.90 Å². The van der Waals surface area contributed by atoms with Crippen molar-refractivity contribution in [2.75, 3.05) is 26.2 Å². The summed E-state index contributed by atoms with van der Waals surface area (Å²) >= 11 is 0. The number of aliphatic hydroxyl groups is 1. The van der Waals surface area contributed by atoms with Gasteiger partial charge in [0.1, 0.15) is 11.6 Å². The molecule has 2 aromatic heterocycles. The molecule has 0 bridgehead atoms. The van der Waals surface area contributed by atoms with Crippen molar-refractivity contribution in [3.05, 3.63) is 53.7 Å². The normalized spacial score (nSPS) is 18.3. The van der Waals surface area contributed by atoms with Gasteiger partial charge in [0.2, 0.25) is 0 Å². The van der Waals surface area contributed by atoms with Crippen molar-refractivity contribution >= 4 is 16.9 Å². The first-order valence-electron chi connectivity index (χ1n) is 9.27. The molecular weight excluding hydrogens is 344 g/mol. The maximum Gasteiger partial charge on any atom is 0.254 e. The number of aromatic amines is 1. The average Bonchev–Trinajstić information content (AvgIpc) is 3.30. The van der Waals surface area contributed by atoms with Crippen LogP contribution in [0.25, 0.3) is 11.0 Å². The number of benzene rings is 1. The van der Waals surface area contributed by atoms with Crippen molar-refractivity contribution in [1.82, 2.24) is 19.8 Å². The SMILES string of the molecule is Cc1nc2ccc(C(=O)N3CCN(Cc4ccco4)C(CCO)C3)cc2[nH]1. The third kappa shape index (κ3) is 3.74. The number of aryl methyl sites for hydroxylation is 1. The van der Waals surface area contributed by atoms with Crippen molar-refractivity contribution in [2.45, 2.75) is 25.9 Å². The maximum absolute atomic E-state index is 13.0. The Balaban J connectivity index is 1.49. The van der Waals surface area contributed by atoms with Gasteiger partial charge in [0, 0.05) is 37.8 Å². The van der Waals surface area contributed by atoms with E-state index in [0.29, 0.717) is 31.6 Å². The quantitative estimate of drug-likeness (QED) is 0.721. The Morgan fingerprint density at radius 1 is 1.37 bits per heavy atom. The van der Waals surface area contributed by atoms with Crippen LogP contribution in [0.2, 0.25) is 0 Å². The number of hydrogen-bond donors (Lipinski definition) is 2. The first-order chi connectivity index (χ1) is 13.1. The Labute approximate surface area is 157 Å². The lowest BCUT2D eigenvalue weighted by molar-refractivity contribution is 0.0373. The zero-order chi connectivity index (χ0) is 18.8. The highest BCUT2D eigenvalue weighted by molar-refractivity contribution is 5.97. The lowest BCUT2D eigenvalue weighted by Gasteiger charge is -2.41. The topological polar surface area (TPSA) is 85.6 Å². The predicted molar refractivity (Wildman–Crippen MR) is 101 cm³/mol. The number of amides is 1. The molecule has 142 valence electrons. The second-order valence-corrected chi connectivity index (χ2v) is 7.02. The van der Waals surface area contributed by atoms with Gasteiger partial charge in [-0.15, -0.1) is 0 Å². The van der Waals surface area contributed by atoms with Crippen LogP contribution < -0.4 is 0 Å². The summed E-state index contributed by atoms with van der Waals surface area (Å²) < 4.78 is 5.46. The molecule has 3 aromatic rings. The number of fused-ring (bicyclic) bond motifs is 1. The molecular formula is C20H24N4O3. The summed E-state index contributed by atoms with van der Waals surface area (Å²) in [6, 6.07) is 9.52. The number of piperazine rings is 1. The first-order valence-corrected chi connectivity index (χ1v) is 9.27. The Bertz CT molecular complexity index is 919. The molecule has 0 radical (unpaired) electrons. The number of nitrogens with zero attached hydrogens (tertiary/aromatic N) is 3. The fourth-order valence-electron chi connectivity index (χ4n) is 3.76. The highest BCUT2D eigenvalue weighted by Crippen LogP contribution is 2.20. The van der Waals surface area contributed by atoms with E-state index in [2.05, 4.69) is 14.9 Å². The van der Waals surface area contributed by atoms with Crippen LogP contribution >= 0.6 is 0 Å². The third-order valence-corrected chi connectivity index (χ3v) is 5.14. The molecule has 0 spiro atoms. The van der Waals surface area contributed by atoms with E-state index >= 15 is 0 Å². The van der Waals surface area contributed by atoms with Gasteiger partial charge in [-0.05, 0) is 43.7 Å². The van der Waals surface area contributed by atoms with E-state index in [0.717, 1.165) is 29.2 Å². The second kappa shape index (κ2) is 7.54. The minimum atomic E-state index is 0.0183. The Kier molecular flexibility index (Phi) is 4.96. The molecule has 4 rings (SSSR count). The van der Waals surface area contributed by atoms with E-state index in [-0.39, 0.29) is 18.6 Å². The molecule has 0 saturated carbocycles. The van der Waals surface area contributed by atoms with E-state index < -0.39 is 0 Å². The minimum Gasteiger partial charge on any atom is -0.468 e. The second-order valence-electron chi connectivity index (χ2n) is 7.02. The molecule has 7 heteroatoms. The van der Waals surface area contributed by atoms with Crippen molar-refractivity contribution in [3.8, 4) is 0 Å². The van der Waals surface area contributed by atoms with Crippen molar-refractivity contribution in [2.24, 2.45) is 0 Å². The summed E-state index contributed by atoms with van der Waals surface area (Å²) in [6.45, 7) is 4.70. The third-order valence-electron chi connectivity index (χ3n) is 5.14. The number of carbonyl (C=O) groups excluding carboxylic acids is 1. The standard InChI is InChI=1S/C20H24N4O3/c1-14-21-18-5-4-15(11-19(18)22-14)20(26)24-8-7-23(16(12-24)6-9-25)13-17-3-2-10-27-17/h2-5,10-11,16,25H,6-9,12-13H2,1H3,(H,21,22). The minimum absolute atomic E-state index is 0.0183. The molecule has 3 heterocycles. The molecule has 1 unspecified atom stereocenters. The molecule has 0 aliphatic carbocycles. The van der Waals surface area contributed by atoms with Crippen molar-refractivity contribution in [3.63, 3.8) is 0 Å². The number of carbonyl (C=O) groups is 1. The lowest BCUT2D eigenvalue weighted by atomic mass is 10.1. The molecule has 1 fully saturated rings. The van der Waals surface area contributed by atoms with Crippen LogP contribution in [0.1, 0.15) is 28.4 Å². The molecule has 1 atom stereocenters. The monoisotopic (exact) mass is 368 g/mol. The van der Waals surface area contributed by atoms with Gasteiger partial charge in [-0.1, -0.05) is 0 Å². The molecule has 1 aliphatic heterocycles. The number of nitrogens with one attached hydrogen (secondary N) is 1. The van der Waals surface area contributed by atoms with Crippen LogP contribution in [0.3, 0.4) is 0 Å². The zero-order valence-electron chi connectivity index (χ0n) is 15.4.